The number of ether oxygens (including phenoxy) is 2. The van der Waals surface area contributed by atoms with Crippen molar-refractivity contribution < 1.29 is 19.1 Å². The Kier molecular flexibility index (Phi) is 1.86. The summed E-state index contributed by atoms with van der Waals surface area (Å²) in [5.41, 5.74) is 0. The van der Waals surface area contributed by atoms with E-state index in [9.17, 15) is 9.59 Å². The summed E-state index contributed by atoms with van der Waals surface area (Å²) < 4.78 is 9.10. The summed E-state index contributed by atoms with van der Waals surface area (Å²) in [6.07, 6.45) is -1.47. The lowest BCUT2D eigenvalue weighted by atomic mass is 10.4. The number of cyclic esters (lactones) is 1. The van der Waals surface area contributed by atoms with E-state index in [-0.39, 0.29) is 6.61 Å². The monoisotopic (exact) mass is 145 g/mol. The summed E-state index contributed by atoms with van der Waals surface area (Å²) in [6.45, 7) is 0.109. The molecular formula is C5H7NO4. The smallest absolute Gasteiger partial charge is 0.414 e. The van der Waals surface area contributed by atoms with Crippen molar-refractivity contribution in [1.29, 1.82) is 0 Å². The lowest BCUT2D eigenvalue weighted by Gasteiger charge is -2.01. The van der Waals surface area contributed by atoms with Gasteiger partial charge < -0.3 is 9.47 Å². The first-order valence-corrected chi connectivity index (χ1v) is 2.74. The van der Waals surface area contributed by atoms with Gasteiger partial charge >= 0.3 is 6.09 Å². The molecular weight excluding hydrogens is 138 g/mol. The molecule has 2 amide bonds. The molecule has 0 spiro atoms. The summed E-state index contributed by atoms with van der Waals surface area (Å²) in [7, 11) is 1.43. The molecule has 1 fully saturated rings. The zero-order valence-electron chi connectivity index (χ0n) is 5.42. The Morgan fingerprint density at radius 1 is 1.70 bits per heavy atom. The van der Waals surface area contributed by atoms with E-state index in [2.05, 4.69) is 9.47 Å². The van der Waals surface area contributed by atoms with Gasteiger partial charge in [-0.1, -0.05) is 0 Å². The van der Waals surface area contributed by atoms with E-state index >= 15 is 0 Å². The second kappa shape index (κ2) is 2.66. The number of rotatable bonds is 2. The highest BCUT2D eigenvalue weighted by Gasteiger charge is 2.31. The first-order valence-electron chi connectivity index (χ1n) is 2.74. The largest absolute Gasteiger partial charge is 0.433 e. The zero-order valence-corrected chi connectivity index (χ0v) is 5.42. The molecule has 1 atom stereocenters. The third-order valence-electron chi connectivity index (χ3n) is 1.09. The third kappa shape index (κ3) is 1.24. The van der Waals surface area contributed by atoms with E-state index < -0.39 is 18.1 Å². The van der Waals surface area contributed by atoms with Crippen LogP contribution in [0.2, 0.25) is 0 Å². The van der Waals surface area contributed by atoms with Crippen LogP contribution in [0.4, 0.5) is 4.79 Å². The van der Waals surface area contributed by atoms with Gasteiger partial charge in [0.2, 0.25) is 6.10 Å². The molecule has 10 heavy (non-hydrogen) atoms. The predicted octanol–water partition coefficient (Wildman–Crippen LogP) is -0.732. The van der Waals surface area contributed by atoms with Crippen LogP contribution in [0.15, 0.2) is 0 Å². The molecule has 1 N–H and O–H groups in total. The van der Waals surface area contributed by atoms with Crippen molar-refractivity contribution in [3.05, 3.63) is 0 Å². The molecule has 1 rings (SSSR count). The highest BCUT2D eigenvalue weighted by Crippen LogP contribution is 2.00. The summed E-state index contributed by atoms with van der Waals surface area (Å²) in [5.74, 6) is -0.438. The van der Waals surface area contributed by atoms with E-state index in [1.54, 1.807) is 0 Å². The van der Waals surface area contributed by atoms with E-state index in [4.69, 9.17) is 0 Å². The fourth-order valence-electron chi connectivity index (χ4n) is 0.654. The average molecular weight is 145 g/mol. The Balaban J connectivity index is 2.46. The Hall–Kier alpha value is -1.10. The number of hydrogen-bond donors (Lipinski definition) is 1. The number of alkyl carbamates (subject to hydrolysis) is 1. The molecule has 1 unspecified atom stereocenters. The second-order valence-corrected chi connectivity index (χ2v) is 1.84. The number of carbonyl (C=O) groups excluding carboxylic acids is 2. The van der Waals surface area contributed by atoms with Crippen LogP contribution in [0.25, 0.3) is 0 Å². The van der Waals surface area contributed by atoms with E-state index in [1.807, 2.05) is 5.32 Å². The van der Waals surface area contributed by atoms with Gasteiger partial charge in [-0.2, -0.15) is 0 Å². The van der Waals surface area contributed by atoms with E-state index in [0.29, 0.717) is 0 Å². The summed E-state index contributed by atoms with van der Waals surface area (Å²) in [4.78, 5) is 21.0. The molecule has 0 aliphatic carbocycles. The van der Waals surface area contributed by atoms with E-state index in [1.165, 1.54) is 7.11 Å². The van der Waals surface area contributed by atoms with Crippen LogP contribution in [0, 0.1) is 0 Å². The molecule has 5 heteroatoms. The summed E-state index contributed by atoms with van der Waals surface area (Å²) in [5, 5.41) is 1.97. The molecule has 0 aromatic carbocycles. The van der Waals surface area contributed by atoms with Gasteiger partial charge in [0.25, 0.3) is 5.91 Å². The molecule has 0 radical (unpaired) electrons. The standard InChI is InChI=1S/C5H7NO4/c1-9-2-3-4(7)6-5(8)10-3/h3H,2H2,1H3,(H,6,7,8). The molecule has 56 valence electrons. The Labute approximate surface area is 57.3 Å². The number of hydrogen-bond acceptors (Lipinski definition) is 4. The zero-order chi connectivity index (χ0) is 7.56. The van der Waals surface area contributed by atoms with Crippen molar-refractivity contribution in [1.82, 2.24) is 5.32 Å². The van der Waals surface area contributed by atoms with Crippen LogP contribution in [0.5, 0.6) is 0 Å². The maximum Gasteiger partial charge on any atom is 0.414 e. The van der Waals surface area contributed by atoms with Gasteiger partial charge in [0, 0.05) is 7.11 Å². The Morgan fingerprint density at radius 2 is 2.40 bits per heavy atom. The molecule has 1 heterocycles. The van der Waals surface area contributed by atoms with Crippen LogP contribution in [-0.4, -0.2) is 31.8 Å². The predicted molar refractivity (Wildman–Crippen MR) is 30.3 cm³/mol. The fourth-order valence-corrected chi connectivity index (χ4v) is 0.654. The molecule has 5 nitrogen and oxygen atoms in total. The minimum Gasteiger partial charge on any atom is -0.433 e. The molecule has 1 aliphatic rings. The molecule has 1 saturated heterocycles. The van der Waals surface area contributed by atoms with Gasteiger partial charge in [0.05, 0.1) is 6.61 Å². The van der Waals surface area contributed by atoms with E-state index in [0.717, 1.165) is 0 Å². The fraction of sp³-hybridized carbons (Fsp3) is 0.600. The number of nitrogens with one attached hydrogen (secondary N) is 1. The topological polar surface area (TPSA) is 64.6 Å². The Morgan fingerprint density at radius 3 is 2.80 bits per heavy atom. The molecule has 0 aromatic rings. The number of amides is 2. The van der Waals surface area contributed by atoms with Gasteiger partial charge in [-0.3, -0.25) is 10.1 Å². The van der Waals surface area contributed by atoms with Crippen LogP contribution in [0.3, 0.4) is 0 Å². The minimum absolute atomic E-state index is 0.109. The van der Waals surface area contributed by atoms with Crippen LogP contribution >= 0.6 is 0 Å². The van der Waals surface area contributed by atoms with Crippen molar-refractivity contribution in [2.24, 2.45) is 0 Å². The van der Waals surface area contributed by atoms with Crippen molar-refractivity contribution >= 4 is 12.0 Å². The Bertz CT molecular complexity index is 167. The first kappa shape index (κ1) is 7.01. The number of methoxy groups -OCH3 is 1. The molecule has 1 aliphatic heterocycles. The molecule has 0 bridgehead atoms. The normalized spacial score (nSPS) is 24.3. The summed E-state index contributed by atoms with van der Waals surface area (Å²) in [6, 6.07) is 0. The van der Waals surface area contributed by atoms with Crippen molar-refractivity contribution in [3.63, 3.8) is 0 Å². The summed E-state index contributed by atoms with van der Waals surface area (Å²) >= 11 is 0. The average Bonchev–Trinajstić information content (AvgIpc) is 2.13. The quantitative estimate of drug-likeness (QED) is 0.556. The highest BCUT2D eigenvalue weighted by molar-refractivity contribution is 5.99. The lowest BCUT2D eigenvalue weighted by Crippen LogP contribution is -2.27. The van der Waals surface area contributed by atoms with Gasteiger partial charge in [-0.15, -0.1) is 0 Å². The third-order valence-corrected chi connectivity index (χ3v) is 1.09. The van der Waals surface area contributed by atoms with Gasteiger partial charge in [0.15, 0.2) is 0 Å². The van der Waals surface area contributed by atoms with Crippen molar-refractivity contribution in [3.8, 4) is 0 Å². The lowest BCUT2D eigenvalue weighted by molar-refractivity contribution is -0.125. The number of imide groups is 1. The molecule has 0 saturated carbocycles. The van der Waals surface area contributed by atoms with Crippen LogP contribution in [-0.2, 0) is 14.3 Å². The first-order chi connectivity index (χ1) is 4.74. The van der Waals surface area contributed by atoms with Crippen molar-refractivity contribution in [2.45, 2.75) is 6.10 Å². The van der Waals surface area contributed by atoms with Crippen LogP contribution < -0.4 is 5.32 Å². The van der Waals surface area contributed by atoms with Crippen LogP contribution in [0.1, 0.15) is 0 Å². The van der Waals surface area contributed by atoms with Gasteiger partial charge in [-0.25, -0.2) is 4.79 Å². The highest BCUT2D eigenvalue weighted by atomic mass is 16.6. The molecule has 0 aromatic heterocycles. The van der Waals surface area contributed by atoms with Crippen molar-refractivity contribution in [2.75, 3.05) is 13.7 Å². The number of carbonyl (C=O) groups is 2. The minimum atomic E-state index is -0.766. The maximum atomic E-state index is 10.6. The maximum absolute atomic E-state index is 10.6. The SMILES string of the molecule is COCC1OC(=O)NC1=O. The van der Waals surface area contributed by atoms with Gasteiger partial charge in [0.1, 0.15) is 0 Å². The van der Waals surface area contributed by atoms with Gasteiger partial charge in [-0.05, 0) is 0 Å². The second-order valence-electron chi connectivity index (χ2n) is 1.84.